The maximum atomic E-state index is 5.48. The Morgan fingerprint density at radius 3 is 2.82 bits per heavy atom. The van der Waals surface area contributed by atoms with E-state index in [0.29, 0.717) is 0 Å². The van der Waals surface area contributed by atoms with Gasteiger partial charge in [-0.2, -0.15) is 0 Å². The molecule has 1 N–H and O–H groups in total. The van der Waals surface area contributed by atoms with Crippen LogP contribution in [0.2, 0.25) is 0 Å². The molecular weight excluding hydrogens is 348 g/mol. The largest absolute Gasteiger partial charge is 0.495 e. The van der Waals surface area contributed by atoms with E-state index >= 15 is 0 Å². The molecule has 0 aliphatic heterocycles. The lowest BCUT2D eigenvalue weighted by Crippen LogP contribution is -1.96. The average Bonchev–Trinajstić information content (AvgIpc) is 3.36. The lowest BCUT2D eigenvalue weighted by Gasteiger charge is -2.09. The number of aromatic nitrogens is 3. The summed E-state index contributed by atoms with van der Waals surface area (Å²) in [5.74, 6) is 0.809. The number of fused-ring (bicyclic) bond motifs is 2. The van der Waals surface area contributed by atoms with Crippen LogP contribution in [0.4, 0.5) is 5.69 Å². The van der Waals surface area contributed by atoms with Gasteiger partial charge in [0.05, 0.1) is 29.5 Å². The summed E-state index contributed by atoms with van der Waals surface area (Å²) in [6.07, 6.45) is 5.68. The van der Waals surface area contributed by atoms with Crippen LogP contribution in [0.3, 0.4) is 0 Å². The number of imidazole rings is 1. The van der Waals surface area contributed by atoms with Gasteiger partial charge in [-0.25, -0.2) is 4.98 Å². The number of hydrogen-bond donors (Lipinski definition) is 1. The number of nitrogens with zero attached hydrogens (tertiary/aromatic N) is 3. The van der Waals surface area contributed by atoms with Crippen molar-refractivity contribution in [3.8, 4) is 11.4 Å². The molecule has 3 aromatic carbocycles. The van der Waals surface area contributed by atoms with Crippen LogP contribution in [0.5, 0.6) is 5.75 Å². The third kappa shape index (κ3) is 2.74. The summed E-state index contributed by atoms with van der Waals surface area (Å²) in [7, 11) is 1.68. The smallest absolute Gasteiger partial charge is 0.142 e. The Morgan fingerprint density at radius 2 is 1.89 bits per heavy atom. The van der Waals surface area contributed by atoms with Gasteiger partial charge >= 0.3 is 0 Å². The third-order valence-corrected chi connectivity index (χ3v) is 4.85. The van der Waals surface area contributed by atoms with Crippen LogP contribution in [-0.4, -0.2) is 27.9 Å². The van der Waals surface area contributed by atoms with E-state index in [4.69, 9.17) is 4.74 Å². The van der Waals surface area contributed by atoms with Crippen molar-refractivity contribution < 1.29 is 4.74 Å². The van der Waals surface area contributed by atoms with Gasteiger partial charge in [-0.15, -0.1) is 0 Å². The highest BCUT2D eigenvalue weighted by Crippen LogP contribution is 2.28. The molecule has 5 heteroatoms. The molecule has 0 bridgehead atoms. The molecule has 0 aliphatic carbocycles. The predicted octanol–water partition coefficient (Wildman–Crippen LogP) is 5.27. The van der Waals surface area contributed by atoms with E-state index < -0.39 is 0 Å². The quantitative estimate of drug-likeness (QED) is 0.441. The van der Waals surface area contributed by atoms with Gasteiger partial charge < -0.3 is 9.72 Å². The standard InChI is InChI=1S/C23H18N4O/c1-28-23-9-5-4-8-22(23)27-15-26-20-12-17(10-11-21(20)27)24-13-16-14-25-19-7-3-2-6-18(16)19/h2-15,25H,1H3. The number of H-pyrrole nitrogens is 1. The summed E-state index contributed by atoms with van der Waals surface area (Å²) in [6.45, 7) is 0. The number of benzene rings is 3. The minimum atomic E-state index is 0.809. The minimum Gasteiger partial charge on any atom is -0.495 e. The van der Waals surface area contributed by atoms with Crippen LogP contribution < -0.4 is 4.74 Å². The zero-order chi connectivity index (χ0) is 18.9. The van der Waals surface area contributed by atoms with E-state index in [9.17, 15) is 0 Å². The molecular formula is C23H18N4O. The number of nitrogens with one attached hydrogen (secondary N) is 1. The van der Waals surface area contributed by atoms with Gasteiger partial charge in [0, 0.05) is 28.9 Å². The van der Waals surface area contributed by atoms with Crippen LogP contribution >= 0.6 is 0 Å². The molecule has 0 saturated carbocycles. The number of ether oxygens (including phenoxy) is 1. The Balaban J connectivity index is 1.51. The van der Waals surface area contributed by atoms with Crippen LogP contribution in [0, 0.1) is 0 Å². The Kier molecular flexibility index (Phi) is 3.91. The molecule has 28 heavy (non-hydrogen) atoms. The Bertz CT molecular complexity index is 1310. The first-order valence-corrected chi connectivity index (χ1v) is 9.04. The Morgan fingerprint density at radius 1 is 1.04 bits per heavy atom. The van der Waals surface area contributed by atoms with E-state index in [2.05, 4.69) is 27.1 Å². The number of hydrogen-bond acceptors (Lipinski definition) is 3. The van der Waals surface area contributed by atoms with Gasteiger partial charge in [0.15, 0.2) is 0 Å². The third-order valence-electron chi connectivity index (χ3n) is 4.85. The minimum absolute atomic E-state index is 0.809. The summed E-state index contributed by atoms with van der Waals surface area (Å²) >= 11 is 0. The van der Waals surface area contributed by atoms with E-state index in [1.165, 1.54) is 0 Å². The van der Waals surface area contributed by atoms with Crippen LogP contribution in [0.25, 0.3) is 27.6 Å². The average molecular weight is 366 g/mol. The van der Waals surface area contributed by atoms with E-state index in [0.717, 1.165) is 44.6 Å². The van der Waals surface area contributed by atoms with Gasteiger partial charge in [0.2, 0.25) is 0 Å². The number of para-hydroxylation sites is 3. The first-order chi connectivity index (χ1) is 13.8. The lowest BCUT2D eigenvalue weighted by molar-refractivity contribution is 0.413. The number of aromatic amines is 1. The number of methoxy groups -OCH3 is 1. The zero-order valence-corrected chi connectivity index (χ0v) is 15.3. The highest BCUT2D eigenvalue weighted by molar-refractivity contribution is 5.99. The van der Waals surface area contributed by atoms with E-state index in [-0.39, 0.29) is 0 Å². The summed E-state index contributed by atoms with van der Waals surface area (Å²) in [6, 6.07) is 22.1. The van der Waals surface area contributed by atoms with Gasteiger partial charge in [-0.1, -0.05) is 30.3 Å². The van der Waals surface area contributed by atoms with Crippen molar-refractivity contribution in [2.24, 2.45) is 4.99 Å². The van der Waals surface area contributed by atoms with Gasteiger partial charge in [0.1, 0.15) is 12.1 Å². The van der Waals surface area contributed by atoms with Crippen molar-refractivity contribution in [3.63, 3.8) is 0 Å². The lowest BCUT2D eigenvalue weighted by atomic mass is 10.2. The summed E-state index contributed by atoms with van der Waals surface area (Å²) < 4.78 is 7.51. The molecule has 0 radical (unpaired) electrons. The van der Waals surface area contributed by atoms with Crippen molar-refractivity contribution in [1.82, 2.24) is 14.5 Å². The van der Waals surface area contributed by atoms with Crippen molar-refractivity contribution in [2.75, 3.05) is 7.11 Å². The maximum Gasteiger partial charge on any atom is 0.142 e. The number of aliphatic imine (C=N–C) groups is 1. The summed E-state index contributed by atoms with van der Waals surface area (Å²) in [5, 5.41) is 1.16. The molecule has 0 unspecified atom stereocenters. The van der Waals surface area contributed by atoms with E-state index in [1.807, 2.05) is 77.9 Å². The molecule has 0 amide bonds. The first-order valence-electron chi connectivity index (χ1n) is 9.04. The fourth-order valence-electron chi connectivity index (χ4n) is 3.45. The molecule has 0 spiro atoms. The second kappa shape index (κ2) is 6.70. The highest BCUT2D eigenvalue weighted by atomic mass is 16.5. The van der Waals surface area contributed by atoms with E-state index in [1.54, 1.807) is 7.11 Å². The highest BCUT2D eigenvalue weighted by Gasteiger charge is 2.09. The molecule has 2 heterocycles. The molecule has 5 aromatic rings. The SMILES string of the molecule is COc1ccccc1-n1cnc2cc(N=Cc3c[nH]c4ccccc34)ccc21. The molecule has 5 rings (SSSR count). The van der Waals surface area contributed by atoms with Crippen LogP contribution in [-0.2, 0) is 0 Å². The normalized spacial score (nSPS) is 11.6. The Hall–Kier alpha value is -3.86. The zero-order valence-electron chi connectivity index (χ0n) is 15.3. The molecule has 5 nitrogen and oxygen atoms in total. The van der Waals surface area contributed by atoms with Crippen molar-refractivity contribution in [2.45, 2.75) is 0 Å². The van der Waals surface area contributed by atoms with Crippen molar-refractivity contribution in [3.05, 3.63) is 84.8 Å². The van der Waals surface area contributed by atoms with Gasteiger partial charge in [-0.05, 0) is 36.4 Å². The molecule has 0 saturated heterocycles. The summed E-state index contributed by atoms with van der Waals surface area (Å²) in [4.78, 5) is 12.5. The number of rotatable bonds is 4. The van der Waals surface area contributed by atoms with Crippen LogP contribution in [0.1, 0.15) is 5.56 Å². The fraction of sp³-hybridized carbons (Fsp3) is 0.0435. The van der Waals surface area contributed by atoms with Crippen molar-refractivity contribution >= 4 is 33.8 Å². The van der Waals surface area contributed by atoms with Gasteiger partial charge in [-0.3, -0.25) is 9.56 Å². The molecule has 0 atom stereocenters. The Labute approximate surface area is 161 Å². The second-order valence-corrected chi connectivity index (χ2v) is 6.51. The monoisotopic (exact) mass is 366 g/mol. The predicted molar refractivity (Wildman–Crippen MR) is 113 cm³/mol. The molecule has 0 aliphatic rings. The van der Waals surface area contributed by atoms with Crippen LogP contribution in [0.15, 0.2) is 84.2 Å². The molecule has 136 valence electrons. The molecule has 0 fully saturated rings. The topological polar surface area (TPSA) is 55.2 Å². The van der Waals surface area contributed by atoms with Gasteiger partial charge in [0.25, 0.3) is 0 Å². The molecule has 2 aromatic heterocycles. The first kappa shape index (κ1) is 16.3. The maximum absolute atomic E-state index is 5.48. The van der Waals surface area contributed by atoms with Crippen molar-refractivity contribution in [1.29, 1.82) is 0 Å². The fourth-order valence-corrected chi connectivity index (χ4v) is 3.45. The second-order valence-electron chi connectivity index (χ2n) is 6.51. The summed E-state index contributed by atoms with van der Waals surface area (Å²) in [5.41, 5.74) is 5.89.